The predicted molar refractivity (Wildman–Crippen MR) is 72.4 cm³/mol. The maximum Gasteiger partial charge on any atom is 0.319 e. The average molecular weight is 332 g/mol. The smallest absolute Gasteiger partial charge is 0.319 e. The molecule has 18 heavy (non-hydrogen) atoms. The Balaban J connectivity index is 2.07. The van der Waals surface area contributed by atoms with Gasteiger partial charge in [-0.05, 0) is 40.9 Å². The molecule has 1 aromatic rings. The van der Waals surface area contributed by atoms with Crippen molar-refractivity contribution >= 4 is 39.1 Å². The van der Waals surface area contributed by atoms with Crippen LogP contribution in [0, 0.1) is 5.41 Å². The standard InChI is InChI=1S/C12H14BrNO3S/c1-14(7-8-3-4-9(13)18-8)10(15)12(11(16)17)5-2-6-12/h3-4H,2,5-7H2,1H3,(H,16,17). The Kier molecular flexibility index (Phi) is 3.77. The molecule has 1 aromatic heterocycles. The van der Waals surface area contributed by atoms with Gasteiger partial charge in [0.25, 0.3) is 0 Å². The van der Waals surface area contributed by atoms with E-state index >= 15 is 0 Å². The molecule has 1 aliphatic carbocycles. The highest BCUT2D eigenvalue weighted by Gasteiger charge is 2.52. The highest BCUT2D eigenvalue weighted by Crippen LogP contribution is 2.43. The molecular formula is C12H14BrNO3S. The van der Waals surface area contributed by atoms with Gasteiger partial charge in [0.1, 0.15) is 5.41 Å². The minimum absolute atomic E-state index is 0.272. The van der Waals surface area contributed by atoms with Crippen LogP contribution in [0.4, 0.5) is 0 Å². The lowest BCUT2D eigenvalue weighted by Gasteiger charge is -2.38. The second-order valence-electron chi connectivity index (χ2n) is 4.61. The summed E-state index contributed by atoms with van der Waals surface area (Å²) in [4.78, 5) is 26.1. The molecule has 0 unspecified atom stereocenters. The van der Waals surface area contributed by atoms with E-state index in [9.17, 15) is 14.7 Å². The molecule has 1 N–H and O–H groups in total. The lowest BCUT2D eigenvalue weighted by atomic mass is 9.68. The first-order valence-corrected chi connectivity index (χ1v) is 7.30. The number of hydrogen-bond acceptors (Lipinski definition) is 3. The van der Waals surface area contributed by atoms with Crippen LogP contribution in [-0.4, -0.2) is 28.9 Å². The van der Waals surface area contributed by atoms with E-state index < -0.39 is 11.4 Å². The van der Waals surface area contributed by atoms with E-state index in [4.69, 9.17) is 0 Å². The quantitative estimate of drug-likeness (QED) is 0.863. The first-order valence-electron chi connectivity index (χ1n) is 5.69. The SMILES string of the molecule is CN(Cc1ccc(Br)s1)C(=O)C1(C(=O)O)CCC1. The van der Waals surface area contributed by atoms with Crippen LogP contribution < -0.4 is 0 Å². The van der Waals surface area contributed by atoms with E-state index in [1.165, 1.54) is 4.90 Å². The fraction of sp³-hybridized carbons (Fsp3) is 0.500. The van der Waals surface area contributed by atoms with Gasteiger partial charge in [0.05, 0.1) is 10.3 Å². The highest BCUT2D eigenvalue weighted by molar-refractivity contribution is 9.11. The van der Waals surface area contributed by atoms with Crippen LogP contribution >= 0.6 is 27.3 Å². The number of halogens is 1. The molecule has 1 fully saturated rings. The molecule has 0 radical (unpaired) electrons. The van der Waals surface area contributed by atoms with Crippen LogP contribution in [0.15, 0.2) is 15.9 Å². The Morgan fingerprint density at radius 2 is 2.17 bits per heavy atom. The van der Waals surface area contributed by atoms with Gasteiger partial charge in [-0.15, -0.1) is 11.3 Å². The fourth-order valence-electron chi connectivity index (χ4n) is 2.16. The summed E-state index contributed by atoms with van der Waals surface area (Å²) in [6.07, 6.45) is 1.73. The Morgan fingerprint density at radius 1 is 1.50 bits per heavy atom. The van der Waals surface area contributed by atoms with Gasteiger partial charge in [-0.2, -0.15) is 0 Å². The summed E-state index contributed by atoms with van der Waals surface area (Å²) >= 11 is 4.92. The average Bonchev–Trinajstić information content (AvgIpc) is 2.61. The number of rotatable bonds is 4. The molecule has 4 nitrogen and oxygen atoms in total. The molecule has 0 bridgehead atoms. The minimum Gasteiger partial charge on any atom is -0.480 e. The van der Waals surface area contributed by atoms with E-state index in [1.54, 1.807) is 18.4 Å². The molecule has 1 saturated carbocycles. The van der Waals surface area contributed by atoms with Crippen LogP contribution in [0.1, 0.15) is 24.1 Å². The van der Waals surface area contributed by atoms with Gasteiger partial charge in [-0.3, -0.25) is 9.59 Å². The molecule has 0 saturated heterocycles. The van der Waals surface area contributed by atoms with Crippen molar-refractivity contribution in [2.75, 3.05) is 7.05 Å². The third-order valence-electron chi connectivity index (χ3n) is 3.39. The highest BCUT2D eigenvalue weighted by atomic mass is 79.9. The second kappa shape index (κ2) is 5.01. The van der Waals surface area contributed by atoms with Gasteiger partial charge in [-0.25, -0.2) is 0 Å². The molecular weight excluding hydrogens is 318 g/mol. The minimum atomic E-state index is -1.16. The summed E-state index contributed by atoms with van der Waals surface area (Å²) in [6, 6.07) is 3.86. The number of carboxylic acid groups (broad SMARTS) is 1. The van der Waals surface area contributed by atoms with Crippen molar-refractivity contribution in [1.29, 1.82) is 0 Å². The zero-order valence-corrected chi connectivity index (χ0v) is 12.4. The molecule has 98 valence electrons. The van der Waals surface area contributed by atoms with Crippen LogP contribution in [0.5, 0.6) is 0 Å². The number of hydrogen-bond donors (Lipinski definition) is 1. The molecule has 1 amide bonds. The molecule has 2 rings (SSSR count). The van der Waals surface area contributed by atoms with Gasteiger partial charge in [0.15, 0.2) is 0 Å². The number of carbonyl (C=O) groups is 2. The number of nitrogens with zero attached hydrogens (tertiary/aromatic N) is 1. The molecule has 6 heteroatoms. The summed E-state index contributed by atoms with van der Waals surface area (Å²) in [5, 5.41) is 9.22. The third kappa shape index (κ3) is 2.31. The van der Waals surface area contributed by atoms with E-state index in [0.717, 1.165) is 15.1 Å². The molecule has 0 spiro atoms. The fourth-order valence-corrected chi connectivity index (χ4v) is 3.69. The van der Waals surface area contributed by atoms with Gasteiger partial charge < -0.3 is 10.0 Å². The number of thiophene rings is 1. The summed E-state index contributed by atoms with van der Waals surface area (Å²) in [7, 11) is 1.67. The summed E-state index contributed by atoms with van der Waals surface area (Å²) in [5.41, 5.74) is -1.16. The van der Waals surface area contributed by atoms with Crippen molar-refractivity contribution in [2.24, 2.45) is 5.41 Å². The van der Waals surface area contributed by atoms with Crippen molar-refractivity contribution in [1.82, 2.24) is 4.90 Å². The lowest BCUT2D eigenvalue weighted by Crippen LogP contribution is -2.51. The third-order valence-corrected chi connectivity index (χ3v) is 5.00. The summed E-state index contributed by atoms with van der Waals surface area (Å²) in [5.74, 6) is -1.26. The number of carbonyl (C=O) groups excluding carboxylic acids is 1. The van der Waals surface area contributed by atoms with Crippen molar-refractivity contribution in [2.45, 2.75) is 25.8 Å². The van der Waals surface area contributed by atoms with Crippen molar-refractivity contribution in [3.63, 3.8) is 0 Å². The topological polar surface area (TPSA) is 57.6 Å². The maximum absolute atomic E-state index is 12.2. The van der Waals surface area contributed by atoms with Crippen LogP contribution in [-0.2, 0) is 16.1 Å². The van der Waals surface area contributed by atoms with Crippen LogP contribution in [0.2, 0.25) is 0 Å². The maximum atomic E-state index is 12.2. The van der Waals surface area contributed by atoms with E-state index in [0.29, 0.717) is 19.4 Å². The predicted octanol–water partition coefficient (Wildman–Crippen LogP) is 2.72. The van der Waals surface area contributed by atoms with Crippen molar-refractivity contribution in [3.8, 4) is 0 Å². The first-order chi connectivity index (χ1) is 8.45. The Morgan fingerprint density at radius 3 is 2.56 bits per heavy atom. The zero-order chi connectivity index (χ0) is 13.3. The Labute approximate surface area is 118 Å². The van der Waals surface area contributed by atoms with Crippen LogP contribution in [0.3, 0.4) is 0 Å². The van der Waals surface area contributed by atoms with E-state index in [1.807, 2.05) is 12.1 Å². The molecule has 1 heterocycles. The normalized spacial score (nSPS) is 17.0. The number of carboxylic acids is 1. The van der Waals surface area contributed by atoms with E-state index in [2.05, 4.69) is 15.9 Å². The largest absolute Gasteiger partial charge is 0.480 e. The second-order valence-corrected chi connectivity index (χ2v) is 7.16. The molecule has 0 atom stereocenters. The van der Waals surface area contributed by atoms with Crippen molar-refractivity contribution in [3.05, 3.63) is 20.8 Å². The number of amides is 1. The van der Waals surface area contributed by atoms with Crippen molar-refractivity contribution < 1.29 is 14.7 Å². The Bertz CT molecular complexity index is 481. The zero-order valence-electron chi connectivity index (χ0n) is 9.98. The lowest BCUT2D eigenvalue weighted by molar-refractivity contribution is -0.167. The molecule has 1 aliphatic rings. The van der Waals surface area contributed by atoms with Gasteiger partial charge in [0, 0.05) is 11.9 Å². The van der Waals surface area contributed by atoms with Crippen LogP contribution in [0.25, 0.3) is 0 Å². The molecule has 0 aliphatic heterocycles. The van der Waals surface area contributed by atoms with E-state index in [-0.39, 0.29) is 5.91 Å². The van der Waals surface area contributed by atoms with Gasteiger partial charge in [0.2, 0.25) is 5.91 Å². The summed E-state index contributed by atoms with van der Waals surface area (Å²) < 4.78 is 1.01. The first kappa shape index (κ1) is 13.5. The van der Waals surface area contributed by atoms with Gasteiger partial charge in [-0.1, -0.05) is 6.42 Å². The monoisotopic (exact) mass is 331 g/mol. The molecule has 0 aromatic carbocycles. The van der Waals surface area contributed by atoms with Gasteiger partial charge >= 0.3 is 5.97 Å². The Hall–Kier alpha value is -0.880. The summed E-state index contributed by atoms with van der Waals surface area (Å²) in [6.45, 7) is 0.462. The number of aliphatic carboxylic acids is 1.